The zero-order valence-electron chi connectivity index (χ0n) is 7.18. The first-order chi connectivity index (χ1) is 5.69. The molecule has 1 aliphatic rings. The van der Waals surface area contributed by atoms with Gasteiger partial charge in [0.05, 0.1) is 0 Å². The zero-order valence-corrected chi connectivity index (χ0v) is 7.18. The highest BCUT2D eigenvalue weighted by Crippen LogP contribution is 2.27. The second-order valence-corrected chi connectivity index (χ2v) is 3.42. The van der Waals surface area contributed by atoms with Crippen molar-refractivity contribution in [1.82, 2.24) is 0 Å². The van der Waals surface area contributed by atoms with Crippen LogP contribution in [0.2, 0.25) is 0 Å². The Morgan fingerprint density at radius 2 is 1.75 bits per heavy atom. The number of terminal acetylenes is 1. The summed E-state index contributed by atoms with van der Waals surface area (Å²) in [6.45, 7) is 0. The Kier molecular flexibility index (Phi) is 2.88. The van der Waals surface area contributed by atoms with Crippen LogP contribution in [0.4, 0.5) is 0 Å². The van der Waals surface area contributed by atoms with Crippen molar-refractivity contribution in [2.75, 3.05) is 0 Å². The van der Waals surface area contributed by atoms with Crippen LogP contribution >= 0.6 is 0 Å². The van der Waals surface area contributed by atoms with Crippen LogP contribution in [-0.4, -0.2) is 16.5 Å². The topological polar surface area (TPSA) is 37.3 Å². The molecule has 0 aromatic carbocycles. The van der Waals surface area contributed by atoms with Crippen LogP contribution in [0.1, 0.15) is 38.5 Å². The van der Waals surface area contributed by atoms with Gasteiger partial charge in [0.25, 0.3) is 0 Å². The molecule has 0 aliphatic heterocycles. The minimum absolute atomic E-state index is 0.440. The fraction of sp³-hybridized carbons (Fsp3) is 0.700. The van der Waals surface area contributed by atoms with Crippen molar-refractivity contribution in [1.29, 1.82) is 0 Å². The fourth-order valence-corrected chi connectivity index (χ4v) is 1.67. The third-order valence-corrected chi connectivity index (χ3v) is 2.48. The first-order valence-corrected chi connectivity index (χ1v) is 4.42. The van der Waals surface area contributed by atoms with E-state index >= 15 is 0 Å². The van der Waals surface area contributed by atoms with E-state index in [1.165, 1.54) is 0 Å². The molecule has 0 bridgehead atoms. The van der Waals surface area contributed by atoms with E-state index in [0.717, 1.165) is 25.7 Å². The van der Waals surface area contributed by atoms with Gasteiger partial charge in [-0.15, -0.1) is 6.42 Å². The Morgan fingerprint density at radius 1 is 1.25 bits per heavy atom. The molecule has 0 atom stereocenters. The molecule has 0 unspecified atom stereocenters. The van der Waals surface area contributed by atoms with Gasteiger partial charge in [-0.2, -0.15) is 0 Å². The van der Waals surface area contributed by atoms with Gasteiger partial charge in [-0.3, -0.25) is 4.79 Å². The molecule has 0 amide bonds. The number of carbonyl (C=O) groups is 1. The lowest BCUT2D eigenvalue weighted by molar-refractivity contribution is -0.132. The summed E-state index contributed by atoms with van der Waals surface area (Å²) in [5.74, 6) is 1.57. The number of rotatable bonds is 1. The van der Waals surface area contributed by atoms with Gasteiger partial charge in [-0.1, -0.05) is 25.7 Å². The summed E-state index contributed by atoms with van der Waals surface area (Å²) in [5.41, 5.74) is -1.20. The van der Waals surface area contributed by atoms with E-state index in [0.29, 0.717) is 12.8 Å². The third kappa shape index (κ3) is 1.86. The Morgan fingerprint density at radius 3 is 2.17 bits per heavy atom. The van der Waals surface area contributed by atoms with Gasteiger partial charge in [0.2, 0.25) is 5.78 Å². The summed E-state index contributed by atoms with van der Waals surface area (Å²) in [7, 11) is 0. The van der Waals surface area contributed by atoms with Crippen LogP contribution < -0.4 is 0 Å². The average Bonchev–Trinajstić information content (AvgIpc) is 2.29. The number of Topliss-reactive ketones (excluding diaryl/α,β-unsaturated/α-hetero) is 1. The van der Waals surface area contributed by atoms with Crippen molar-refractivity contribution in [3.05, 3.63) is 0 Å². The molecule has 2 nitrogen and oxygen atoms in total. The lowest BCUT2D eigenvalue weighted by atomic mass is 9.90. The standard InChI is InChI=1S/C10H14O2/c1-2-9(11)10(12)7-5-3-4-6-8-10/h1,12H,3-8H2. The first kappa shape index (κ1) is 9.28. The second-order valence-electron chi connectivity index (χ2n) is 3.42. The van der Waals surface area contributed by atoms with Crippen molar-refractivity contribution in [2.45, 2.75) is 44.1 Å². The third-order valence-electron chi connectivity index (χ3n) is 2.48. The molecule has 12 heavy (non-hydrogen) atoms. The van der Waals surface area contributed by atoms with E-state index < -0.39 is 11.4 Å². The van der Waals surface area contributed by atoms with E-state index in [4.69, 9.17) is 6.42 Å². The van der Waals surface area contributed by atoms with Crippen LogP contribution in [0.15, 0.2) is 0 Å². The number of aliphatic hydroxyl groups is 1. The number of carbonyl (C=O) groups excluding carboxylic acids is 1. The number of hydrogen-bond donors (Lipinski definition) is 1. The van der Waals surface area contributed by atoms with Gasteiger partial charge in [-0.05, 0) is 18.8 Å². The van der Waals surface area contributed by atoms with E-state index in [9.17, 15) is 9.90 Å². The molecule has 2 heteroatoms. The highest BCUT2D eigenvalue weighted by Gasteiger charge is 2.34. The van der Waals surface area contributed by atoms with Gasteiger partial charge in [0, 0.05) is 0 Å². The highest BCUT2D eigenvalue weighted by atomic mass is 16.3. The van der Waals surface area contributed by atoms with Crippen LogP contribution in [0.5, 0.6) is 0 Å². The molecule has 0 spiro atoms. The Hall–Kier alpha value is -0.810. The maximum absolute atomic E-state index is 11.2. The molecule has 1 rings (SSSR count). The van der Waals surface area contributed by atoms with Gasteiger partial charge in [0.1, 0.15) is 5.60 Å². The van der Waals surface area contributed by atoms with Crippen molar-refractivity contribution in [2.24, 2.45) is 0 Å². The lowest BCUT2D eigenvalue weighted by Crippen LogP contribution is -2.36. The average molecular weight is 166 g/mol. The molecular formula is C10H14O2. The minimum atomic E-state index is -1.20. The Labute approximate surface area is 73.0 Å². The molecule has 1 saturated carbocycles. The fourth-order valence-electron chi connectivity index (χ4n) is 1.67. The monoisotopic (exact) mass is 166 g/mol. The molecule has 0 aromatic heterocycles. The van der Waals surface area contributed by atoms with Crippen molar-refractivity contribution >= 4 is 5.78 Å². The van der Waals surface area contributed by atoms with Crippen molar-refractivity contribution in [3.8, 4) is 12.3 Å². The summed E-state index contributed by atoms with van der Waals surface area (Å²) in [6, 6.07) is 0. The maximum Gasteiger partial charge on any atom is 0.236 e. The lowest BCUT2D eigenvalue weighted by Gasteiger charge is -2.21. The molecule has 66 valence electrons. The van der Waals surface area contributed by atoms with Gasteiger partial charge in [-0.25, -0.2) is 0 Å². The van der Waals surface area contributed by atoms with Crippen molar-refractivity contribution in [3.63, 3.8) is 0 Å². The molecular weight excluding hydrogens is 152 g/mol. The van der Waals surface area contributed by atoms with Crippen molar-refractivity contribution < 1.29 is 9.90 Å². The van der Waals surface area contributed by atoms with E-state index in [2.05, 4.69) is 0 Å². The molecule has 0 heterocycles. The van der Waals surface area contributed by atoms with Crippen LogP contribution in [0.25, 0.3) is 0 Å². The summed E-state index contributed by atoms with van der Waals surface area (Å²) in [4.78, 5) is 11.2. The second kappa shape index (κ2) is 3.73. The smallest absolute Gasteiger partial charge is 0.236 e. The van der Waals surface area contributed by atoms with E-state index in [-0.39, 0.29) is 0 Å². The van der Waals surface area contributed by atoms with E-state index in [1.54, 1.807) is 0 Å². The summed E-state index contributed by atoms with van der Waals surface area (Å²) < 4.78 is 0. The summed E-state index contributed by atoms with van der Waals surface area (Å²) in [6.07, 6.45) is 10.1. The van der Waals surface area contributed by atoms with Crippen LogP contribution in [-0.2, 0) is 4.79 Å². The summed E-state index contributed by atoms with van der Waals surface area (Å²) in [5, 5.41) is 9.83. The predicted molar refractivity (Wildman–Crippen MR) is 46.5 cm³/mol. The normalized spacial score (nSPS) is 22.3. The molecule has 0 saturated heterocycles. The first-order valence-electron chi connectivity index (χ1n) is 4.42. The number of hydrogen-bond acceptors (Lipinski definition) is 2. The molecule has 1 N–H and O–H groups in total. The molecule has 1 aliphatic carbocycles. The SMILES string of the molecule is C#CC(=O)C1(O)CCCCCC1. The minimum Gasteiger partial charge on any atom is -0.381 e. The zero-order chi connectivity index (χ0) is 9.03. The molecule has 0 radical (unpaired) electrons. The molecule has 1 fully saturated rings. The van der Waals surface area contributed by atoms with Gasteiger partial charge < -0.3 is 5.11 Å². The van der Waals surface area contributed by atoms with Crippen LogP contribution in [0, 0.1) is 12.3 Å². The quantitative estimate of drug-likeness (QED) is 0.362. The maximum atomic E-state index is 11.2. The highest BCUT2D eigenvalue weighted by molar-refractivity contribution is 6.01. The van der Waals surface area contributed by atoms with Gasteiger partial charge >= 0.3 is 0 Å². The predicted octanol–water partition coefficient (Wildman–Crippen LogP) is 1.27. The number of ketones is 1. The summed E-state index contributed by atoms with van der Waals surface area (Å²) >= 11 is 0. The Bertz CT molecular complexity index is 204. The van der Waals surface area contributed by atoms with Gasteiger partial charge in [0.15, 0.2) is 0 Å². The Balaban J connectivity index is 2.67. The van der Waals surface area contributed by atoms with E-state index in [1.807, 2.05) is 5.92 Å². The van der Waals surface area contributed by atoms with Crippen LogP contribution in [0.3, 0.4) is 0 Å². The molecule has 0 aromatic rings. The largest absolute Gasteiger partial charge is 0.381 e.